The predicted octanol–water partition coefficient (Wildman–Crippen LogP) is 5.15. The van der Waals surface area contributed by atoms with Crippen LogP contribution in [0, 0.1) is 3.57 Å². The Morgan fingerprint density at radius 3 is 2.45 bits per heavy atom. The van der Waals surface area contributed by atoms with Crippen LogP contribution < -0.4 is 0 Å². The van der Waals surface area contributed by atoms with E-state index in [0.717, 1.165) is 20.2 Å². The number of hydrogen-bond acceptors (Lipinski definition) is 1. The third-order valence-corrected chi connectivity index (χ3v) is 4.26. The van der Waals surface area contributed by atoms with Crippen molar-refractivity contribution >= 4 is 38.5 Å². The van der Waals surface area contributed by atoms with Crippen LogP contribution in [-0.4, -0.2) is 5.11 Å². The topological polar surface area (TPSA) is 20.2 Å². The maximum absolute atomic E-state index is 12.7. The molecule has 2 aromatic carbocycles. The molecule has 0 aromatic heterocycles. The Kier molecular flexibility index (Phi) is 4.76. The molecule has 1 N–H and O–H groups in total. The van der Waals surface area contributed by atoms with E-state index in [1.54, 1.807) is 12.1 Å². The first-order valence-electron chi connectivity index (χ1n) is 5.59. The van der Waals surface area contributed by atoms with Crippen molar-refractivity contribution in [1.82, 2.24) is 0 Å². The van der Waals surface area contributed by atoms with Crippen LogP contribution in [0.4, 0.5) is 13.2 Å². The molecule has 2 aromatic rings. The lowest BCUT2D eigenvalue weighted by Gasteiger charge is -2.15. The SMILES string of the molecule is OC(c1cccc(C(F)(F)F)c1)c1cc(Br)ccc1I. The summed E-state index contributed by atoms with van der Waals surface area (Å²) in [5.41, 5.74) is 0.0224. The Morgan fingerprint density at radius 2 is 1.80 bits per heavy atom. The van der Waals surface area contributed by atoms with Crippen molar-refractivity contribution in [2.24, 2.45) is 0 Å². The highest BCUT2D eigenvalue weighted by atomic mass is 127. The van der Waals surface area contributed by atoms with E-state index in [1.165, 1.54) is 12.1 Å². The highest BCUT2D eigenvalue weighted by Gasteiger charge is 2.31. The monoisotopic (exact) mass is 456 g/mol. The lowest BCUT2D eigenvalue weighted by molar-refractivity contribution is -0.137. The molecule has 1 unspecified atom stereocenters. The number of benzene rings is 2. The number of aliphatic hydroxyl groups is 1. The van der Waals surface area contributed by atoms with E-state index in [9.17, 15) is 18.3 Å². The van der Waals surface area contributed by atoms with Gasteiger partial charge in [-0.3, -0.25) is 0 Å². The van der Waals surface area contributed by atoms with Gasteiger partial charge in [-0.25, -0.2) is 0 Å². The van der Waals surface area contributed by atoms with Crippen LogP contribution in [0.1, 0.15) is 22.8 Å². The minimum absolute atomic E-state index is 0.218. The molecule has 0 amide bonds. The maximum Gasteiger partial charge on any atom is 0.416 e. The minimum Gasteiger partial charge on any atom is -0.384 e. The Morgan fingerprint density at radius 1 is 1.10 bits per heavy atom. The summed E-state index contributed by atoms with van der Waals surface area (Å²) in [6.07, 6.45) is -5.51. The molecule has 1 atom stereocenters. The summed E-state index contributed by atoms with van der Waals surface area (Å²) in [5, 5.41) is 10.3. The van der Waals surface area contributed by atoms with E-state index in [2.05, 4.69) is 15.9 Å². The van der Waals surface area contributed by atoms with E-state index < -0.39 is 17.8 Å². The first-order chi connectivity index (χ1) is 9.29. The standard InChI is InChI=1S/C14H9BrF3IO/c15-10-4-5-12(19)11(7-10)13(20)8-2-1-3-9(6-8)14(16,17)18/h1-7,13,20H. The van der Waals surface area contributed by atoms with Gasteiger partial charge in [0, 0.05) is 8.04 Å². The molecule has 0 bridgehead atoms. The van der Waals surface area contributed by atoms with E-state index in [4.69, 9.17) is 0 Å². The number of alkyl halides is 3. The largest absolute Gasteiger partial charge is 0.416 e. The molecule has 6 heteroatoms. The smallest absolute Gasteiger partial charge is 0.384 e. The first-order valence-corrected chi connectivity index (χ1v) is 7.46. The van der Waals surface area contributed by atoms with E-state index in [0.29, 0.717) is 5.56 Å². The molecule has 0 aliphatic heterocycles. The van der Waals surface area contributed by atoms with Crippen molar-refractivity contribution in [3.63, 3.8) is 0 Å². The average molecular weight is 457 g/mol. The zero-order valence-corrected chi connectivity index (χ0v) is 13.7. The second-order valence-electron chi connectivity index (χ2n) is 4.19. The second-order valence-corrected chi connectivity index (χ2v) is 6.27. The Hall–Kier alpha value is -0.600. The molecule has 0 spiro atoms. The van der Waals surface area contributed by atoms with Crippen molar-refractivity contribution in [3.05, 3.63) is 67.2 Å². The third-order valence-electron chi connectivity index (χ3n) is 2.78. The summed E-state index contributed by atoms with van der Waals surface area (Å²) in [4.78, 5) is 0. The highest BCUT2D eigenvalue weighted by Crippen LogP contribution is 2.33. The van der Waals surface area contributed by atoms with Gasteiger partial charge in [-0.05, 0) is 64.0 Å². The molecular weight excluding hydrogens is 448 g/mol. The van der Waals surface area contributed by atoms with E-state index in [-0.39, 0.29) is 5.56 Å². The molecule has 0 aliphatic carbocycles. The van der Waals surface area contributed by atoms with Crippen molar-refractivity contribution in [3.8, 4) is 0 Å². The van der Waals surface area contributed by atoms with Gasteiger partial charge in [0.25, 0.3) is 0 Å². The van der Waals surface area contributed by atoms with Gasteiger partial charge < -0.3 is 5.11 Å². The van der Waals surface area contributed by atoms with Gasteiger partial charge in [-0.15, -0.1) is 0 Å². The normalized spacial score (nSPS) is 13.3. The summed E-state index contributed by atoms with van der Waals surface area (Å²) in [7, 11) is 0. The number of hydrogen-bond donors (Lipinski definition) is 1. The van der Waals surface area contributed by atoms with Gasteiger partial charge in [0.1, 0.15) is 6.10 Å². The summed E-state index contributed by atoms with van der Waals surface area (Å²) >= 11 is 5.33. The van der Waals surface area contributed by atoms with Gasteiger partial charge in [0.15, 0.2) is 0 Å². The predicted molar refractivity (Wildman–Crippen MR) is 82.4 cm³/mol. The van der Waals surface area contributed by atoms with E-state index >= 15 is 0 Å². The van der Waals surface area contributed by atoms with Crippen LogP contribution in [0.15, 0.2) is 46.9 Å². The van der Waals surface area contributed by atoms with Crippen LogP contribution in [-0.2, 0) is 6.18 Å². The third kappa shape index (κ3) is 3.53. The van der Waals surface area contributed by atoms with Gasteiger partial charge in [0.2, 0.25) is 0 Å². The number of aliphatic hydroxyl groups excluding tert-OH is 1. The molecule has 0 fully saturated rings. The summed E-state index contributed by atoms with van der Waals surface area (Å²) < 4.78 is 39.6. The van der Waals surface area contributed by atoms with Gasteiger partial charge >= 0.3 is 6.18 Å². The van der Waals surface area contributed by atoms with Crippen molar-refractivity contribution in [1.29, 1.82) is 0 Å². The molecule has 106 valence electrons. The van der Waals surface area contributed by atoms with E-state index in [1.807, 2.05) is 28.7 Å². The Bertz CT molecular complexity index is 628. The van der Waals surface area contributed by atoms with Crippen LogP contribution in [0.25, 0.3) is 0 Å². The molecule has 20 heavy (non-hydrogen) atoms. The summed E-state index contributed by atoms with van der Waals surface area (Å²) in [5.74, 6) is 0. The second kappa shape index (κ2) is 6.03. The van der Waals surface area contributed by atoms with Crippen molar-refractivity contribution in [2.45, 2.75) is 12.3 Å². The molecular formula is C14H9BrF3IO. The summed E-state index contributed by atoms with van der Waals surface area (Å²) in [6, 6.07) is 10.0. The minimum atomic E-state index is -4.42. The maximum atomic E-state index is 12.7. The molecule has 0 saturated heterocycles. The molecule has 2 rings (SSSR count). The van der Waals surface area contributed by atoms with Crippen LogP contribution in [0.5, 0.6) is 0 Å². The Labute approximate surface area is 136 Å². The fourth-order valence-electron chi connectivity index (χ4n) is 1.79. The number of halogens is 5. The fraction of sp³-hybridized carbons (Fsp3) is 0.143. The Balaban J connectivity index is 2.43. The first kappa shape index (κ1) is 15.8. The summed E-state index contributed by atoms with van der Waals surface area (Å²) in [6.45, 7) is 0. The molecule has 1 nitrogen and oxygen atoms in total. The molecule has 0 heterocycles. The molecule has 0 saturated carbocycles. The van der Waals surface area contributed by atoms with Gasteiger partial charge in [-0.2, -0.15) is 13.2 Å². The van der Waals surface area contributed by atoms with Crippen LogP contribution in [0.3, 0.4) is 0 Å². The molecule has 0 aliphatic rings. The quantitative estimate of drug-likeness (QED) is 0.619. The molecule has 0 radical (unpaired) electrons. The van der Waals surface area contributed by atoms with Gasteiger partial charge in [-0.1, -0.05) is 28.1 Å². The van der Waals surface area contributed by atoms with Crippen molar-refractivity contribution < 1.29 is 18.3 Å². The zero-order valence-electron chi connectivity index (χ0n) is 9.96. The van der Waals surface area contributed by atoms with Crippen LogP contribution >= 0.6 is 38.5 Å². The lowest BCUT2D eigenvalue weighted by atomic mass is 10.00. The number of rotatable bonds is 2. The fourth-order valence-corrected chi connectivity index (χ4v) is 2.80. The van der Waals surface area contributed by atoms with Crippen molar-refractivity contribution in [2.75, 3.05) is 0 Å². The average Bonchev–Trinajstić information content (AvgIpc) is 2.40. The lowest BCUT2D eigenvalue weighted by Crippen LogP contribution is -2.08. The van der Waals surface area contributed by atoms with Crippen LogP contribution in [0.2, 0.25) is 0 Å². The van der Waals surface area contributed by atoms with Gasteiger partial charge in [0.05, 0.1) is 5.56 Å². The highest BCUT2D eigenvalue weighted by molar-refractivity contribution is 14.1. The zero-order chi connectivity index (χ0) is 14.9.